The number of likely N-dealkylation sites (N-methyl/N-ethyl adjacent to an activating group) is 1. The Labute approximate surface area is 168 Å². The van der Waals surface area contributed by atoms with E-state index in [1.165, 1.54) is 4.90 Å². The molecule has 1 unspecified atom stereocenters. The smallest absolute Gasteiger partial charge is 0.262 e. The molecule has 29 heavy (non-hydrogen) atoms. The molecule has 3 aliphatic rings. The van der Waals surface area contributed by atoms with E-state index in [4.69, 9.17) is 20.2 Å². The number of amides is 1. The Morgan fingerprint density at radius 1 is 1.28 bits per heavy atom. The predicted molar refractivity (Wildman–Crippen MR) is 106 cm³/mol. The molecule has 2 aromatic carbocycles. The molecule has 1 saturated heterocycles. The molecule has 1 spiro atoms. The van der Waals surface area contributed by atoms with Crippen molar-refractivity contribution in [3.05, 3.63) is 53.6 Å². The van der Waals surface area contributed by atoms with Gasteiger partial charge in [-0.3, -0.25) is 9.69 Å². The first kappa shape index (κ1) is 17.7. The van der Waals surface area contributed by atoms with Gasteiger partial charge in [-0.25, -0.2) is 4.99 Å². The molecule has 1 amide bonds. The SMILES string of the molecule is CN1C(=O)[C@]2(N=C1N)c1cc(-c3cccc(C#N)c3)ccc1OC1CCOC[C@H]12. The Bertz CT molecular complexity index is 1090. The molecule has 2 aromatic rings. The van der Waals surface area contributed by atoms with Crippen LogP contribution < -0.4 is 10.5 Å². The number of nitriles is 1. The summed E-state index contributed by atoms with van der Waals surface area (Å²) in [5.74, 6) is 0.431. The summed E-state index contributed by atoms with van der Waals surface area (Å²) in [6.45, 7) is 0.976. The van der Waals surface area contributed by atoms with Crippen LogP contribution in [0.4, 0.5) is 0 Å². The second-order valence-electron chi connectivity index (χ2n) is 7.63. The average molecular weight is 388 g/mol. The summed E-state index contributed by atoms with van der Waals surface area (Å²) in [5.41, 5.74) is 7.97. The van der Waals surface area contributed by atoms with Gasteiger partial charge in [-0.15, -0.1) is 0 Å². The number of fused-ring (bicyclic) bond motifs is 4. The highest BCUT2D eigenvalue weighted by molar-refractivity contribution is 6.07. The highest BCUT2D eigenvalue weighted by Crippen LogP contribution is 2.51. The normalized spacial score (nSPS) is 27.7. The molecule has 3 atom stereocenters. The lowest BCUT2D eigenvalue weighted by Gasteiger charge is -2.45. The van der Waals surface area contributed by atoms with Crippen LogP contribution in [0, 0.1) is 17.2 Å². The molecule has 3 aliphatic heterocycles. The lowest BCUT2D eigenvalue weighted by atomic mass is 9.71. The van der Waals surface area contributed by atoms with Gasteiger partial charge in [0.1, 0.15) is 11.9 Å². The molecule has 0 radical (unpaired) electrons. The summed E-state index contributed by atoms with van der Waals surface area (Å²) in [6.07, 6.45) is 0.542. The van der Waals surface area contributed by atoms with Crippen LogP contribution in [0.1, 0.15) is 17.5 Å². The van der Waals surface area contributed by atoms with Crippen LogP contribution in [-0.4, -0.2) is 43.1 Å². The minimum Gasteiger partial charge on any atom is -0.489 e. The van der Waals surface area contributed by atoms with Gasteiger partial charge in [0.2, 0.25) is 0 Å². The molecule has 0 saturated carbocycles. The van der Waals surface area contributed by atoms with Gasteiger partial charge < -0.3 is 15.2 Å². The third kappa shape index (κ3) is 2.46. The van der Waals surface area contributed by atoms with Gasteiger partial charge in [0.05, 0.1) is 30.8 Å². The van der Waals surface area contributed by atoms with E-state index < -0.39 is 5.54 Å². The highest BCUT2D eigenvalue weighted by Gasteiger charge is 2.60. The van der Waals surface area contributed by atoms with Gasteiger partial charge >= 0.3 is 0 Å². The van der Waals surface area contributed by atoms with E-state index in [9.17, 15) is 10.1 Å². The van der Waals surface area contributed by atoms with Crippen molar-refractivity contribution in [2.75, 3.05) is 20.3 Å². The van der Waals surface area contributed by atoms with Crippen molar-refractivity contribution in [3.8, 4) is 22.9 Å². The van der Waals surface area contributed by atoms with Crippen molar-refractivity contribution in [2.24, 2.45) is 16.6 Å². The van der Waals surface area contributed by atoms with Crippen LogP contribution in [0.2, 0.25) is 0 Å². The molecule has 1 fully saturated rings. The highest BCUT2D eigenvalue weighted by atomic mass is 16.5. The second-order valence-corrected chi connectivity index (χ2v) is 7.63. The fraction of sp³-hybridized carbons (Fsp3) is 0.318. The second kappa shape index (κ2) is 6.33. The molecule has 0 aromatic heterocycles. The van der Waals surface area contributed by atoms with E-state index in [-0.39, 0.29) is 23.9 Å². The minimum atomic E-state index is -1.15. The first-order valence-electron chi connectivity index (χ1n) is 9.57. The van der Waals surface area contributed by atoms with E-state index in [0.29, 0.717) is 36.5 Å². The molecule has 0 bridgehead atoms. The molecule has 7 nitrogen and oxygen atoms in total. The van der Waals surface area contributed by atoms with Gasteiger partial charge in [-0.2, -0.15) is 5.26 Å². The summed E-state index contributed by atoms with van der Waals surface area (Å²) < 4.78 is 12.0. The van der Waals surface area contributed by atoms with E-state index in [1.54, 1.807) is 13.1 Å². The summed E-state index contributed by atoms with van der Waals surface area (Å²) in [6, 6.07) is 15.3. The Hall–Kier alpha value is -3.37. The maximum absolute atomic E-state index is 13.4. The third-order valence-electron chi connectivity index (χ3n) is 6.09. The van der Waals surface area contributed by atoms with E-state index in [1.807, 2.05) is 36.4 Å². The zero-order chi connectivity index (χ0) is 20.2. The van der Waals surface area contributed by atoms with Crippen LogP contribution in [0.25, 0.3) is 11.1 Å². The Kier molecular flexibility index (Phi) is 3.86. The van der Waals surface area contributed by atoms with Crippen LogP contribution >= 0.6 is 0 Å². The monoisotopic (exact) mass is 388 g/mol. The van der Waals surface area contributed by atoms with Crippen molar-refractivity contribution in [3.63, 3.8) is 0 Å². The van der Waals surface area contributed by atoms with Crippen LogP contribution in [-0.2, 0) is 15.1 Å². The van der Waals surface area contributed by atoms with E-state index in [0.717, 1.165) is 11.1 Å². The number of hydrogen-bond acceptors (Lipinski definition) is 6. The maximum atomic E-state index is 13.4. The molecule has 2 N–H and O–H groups in total. The lowest BCUT2D eigenvalue weighted by molar-refractivity contribution is -0.141. The summed E-state index contributed by atoms with van der Waals surface area (Å²) >= 11 is 0. The molecular formula is C22H20N4O3. The number of hydrogen-bond donors (Lipinski definition) is 1. The summed E-state index contributed by atoms with van der Waals surface area (Å²) in [7, 11) is 1.64. The van der Waals surface area contributed by atoms with Gasteiger partial charge in [-0.1, -0.05) is 18.2 Å². The summed E-state index contributed by atoms with van der Waals surface area (Å²) in [4.78, 5) is 19.5. The van der Waals surface area contributed by atoms with Crippen molar-refractivity contribution < 1.29 is 14.3 Å². The fourth-order valence-corrected chi connectivity index (χ4v) is 4.57. The van der Waals surface area contributed by atoms with E-state index in [2.05, 4.69) is 6.07 Å². The standard InChI is InChI=1S/C22H20N4O3/c1-26-20(27)22(25-21(26)24)16-10-15(14-4-2-3-13(9-14)11-23)5-6-18(16)29-19-7-8-28-12-17(19)22/h2-6,9-10,17,19H,7-8,12H2,1H3,(H2,24,25)/t17-,19?,22+/m1/s1. The minimum absolute atomic E-state index is 0.156. The zero-order valence-electron chi connectivity index (χ0n) is 16.0. The van der Waals surface area contributed by atoms with Crippen LogP contribution in [0.5, 0.6) is 5.75 Å². The average Bonchev–Trinajstić information content (AvgIpc) is 2.98. The first-order chi connectivity index (χ1) is 14.0. The molecule has 0 aliphatic carbocycles. The van der Waals surface area contributed by atoms with Crippen LogP contribution in [0.3, 0.4) is 0 Å². The van der Waals surface area contributed by atoms with Crippen molar-refractivity contribution in [1.29, 1.82) is 5.26 Å². The molecule has 7 heteroatoms. The van der Waals surface area contributed by atoms with Gasteiger partial charge in [-0.05, 0) is 35.4 Å². The van der Waals surface area contributed by atoms with Gasteiger partial charge in [0.15, 0.2) is 11.5 Å². The summed E-state index contributed by atoms with van der Waals surface area (Å²) in [5, 5.41) is 9.23. The topological polar surface area (TPSA) is 101 Å². The molecule has 3 heterocycles. The number of rotatable bonds is 1. The molecular weight excluding hydrogens is 368 g/mol. The number of nitrogens with two attached hydrogens (primary N) is 1. The number of nitrogens with zero attached hydrogens (tertiary/aromatic N) is 3. The van der Waals surface area contributed by atoms with Crippen molar-refractivity contribution >= 4 is 11.9 Å². The zero-order valence-corrected chi connectivity index (χ0v) is 16.0. The number of benzene rings is 2. The lowest BCUT2D eigenvalue weighted by Crippen LogP contribution is -2.56. The third-order valence-corrected chi connectivity index (χ3v) is 6.09. The quantitative estimate of drug-likeness (QED) is 0.805. The largest absolute Gasteiger partial charge is 0.489 e. The first-order valence-corrected chi connectivity index (χ1v) is 9.57. The number of aliphatic imine (C=N–C) groups is 1. The fourth-order valence-electron chi connectivity index (χ4n) is 4.57. The molecule has 146 valence electrons. The Balaban J connectivity index is 1.72. The Morgan fingerprint density at radius 3 is 2.86 bits per heavy atom. The van der Waals surface area contributed by atoms with Gasteiger partial charge in [0, 0.05) is 19.0 Å². The molecule has 5 rings (SSSR count). The number of ether oxygens (including phenoxy) is 2. The Morgan fingerprint density at radius 2 is 2.10 bits per heavy atom. The maximum Gasteiger partial charge on any atom is 0.262 e. The number of carbonyl (C=O) groups is 1. The van der Waals surface area contributed by atoms with Gasteiger partial charge in [0.25, 0.3) is 5.91 Å². The van der Waals surface area contributed by atoms with Crippen molar-refractivity contribution in [2.45, 2.75) is 18.1 Å². The van der Waals surface area contributed by atoms with E-state index >= 15 is 0 Å². The number of carbonyl (C=O) groups excluding carboxylic acids is 1. The predicted octanol–water partition coefficient (Wildman–Crippen LogP) is 2.00. The number of guanidine groups is 1. The van der Waals surface area contributed by atoms with Crippen LogP contribution in [0.15, 0.2) is 47.5 Å². The van der Waals surface area contributed by atoms with Crippen molar-refractivity contribution in [1.82, 2.24) is 4.90 Å².